The number of hydrogen-bond acceptors (Lipinski definition) is 5. The minimum absolute atomic E-state index is 0.418. The molecule has 0 saturated carbocycles. The summed E-state index contributed by atoms with van der Waals surface area (Å²) in [5.74, 6) is -6.45. The second-order valence-electron chi connectivity index (χ2n) is 6.58. The topological polar surface area (TPSA) is 76.7 Å². The Hall–Kier alpha value is -2.27. The van der Waals surface area contributed by atoms with Crippen LogP contribution in [0.2, 0.25) is 0 Å². The maximum absolute atomic E-state index is 15.7. The Morgan fingerprint density at radius 3 is 2.36 bits per heavy atom. The predicted octanol–water partition coefficient (Wildman–Crippen LogP) is 0.665. The van der Waals surface area contributed by atoms with Gasteiger partial charge in [-0.25, -0.2) is 13.5 Å². The van der Waals surface area contributed by atoms with Crippen LogP contribution < -0.4 is 0 Å². The Morgan fingerprint density at radius 1 is 1.11 bits per heavy atom. The molecule has 28 heavy (non-hydrogen) atoms. The lowest BCUT2D eigenvalue weighted by Gasteiger charge is -2.47. The third-order valence-electron chi connectivity index (χ3n) is 4.63. The minimum atomic E-state index is -4.12. The van der Waals surface area contributed by atoms with Crippen molar-refractivity contribution in [2.45, 2.75) is 16.9 Å². The number of benzene rings is 1. The summed E-state index contributed by atoms with van der Waals surface area (Å²) in [5.41, 5.74) is -4.89. The largest absolute Gasteiger partial charge is 0.377 e. The summed E-state index contributed by atoms with van der Waals surface area (Å²) in [6, 6.07) is 4.27. The van der Waals surface area contributed by atoms with Gasteiger partial charge in [0.15, 0.2) is 5.60 Å². The third kappa shape index (κ3) is 3.02. The van der Waals surface area contributed by atoms with Crippen molar-refractivity contribution in [3.63, 3.8) is 0 Å². The van der Waals surface area contributed by atoms with Crippen molar-refractivity contribution in [2.75, 3.05) is 0 Å². The lowest BCUT2D eigenvalue weighted by Crippen LogP contribution is -2.63. The minimum Gasteiger partial charge on any atom is -0.377 e. The first-order valence-corrected chi connectivity index (χ1v) is 8.72. The van der Waals surface area contributed by atoms with Gasteiger partial charge in [0.05, 0.1) is 0 Å². The third-order valence-corrected chi connectivity index (χ3v) is 5.10. The summed E-state index contributed by atoms with van der Waals surface area (Å²) in [4.78, 5) is 3.67. The number of aliphatic hydroxyl groups is 1. The van der Waals surface area contributed by atoms with E-state index in [1.54, 1.807) is 0 Å². The molecule has 0 aliphatic rings. The number of tetrazole rings is 1. The molecule has 13 heteroatoms. The van der Waals surface area contributed by atoms with E-state index >= 15 is 8.78 Å². The van der Waals surface area contributed by atoms with Crippen LogP contribution >= 0.6 is 15.9 Å². The molecule has 144 valence electrons. The molecule has 0 bridgehead atoms. The number of hydrogen-bond donors (Lipinski definition) is 1. The van der Waals surface area contributed by atoms with Crippen molar-refractivity contribution >= 4 is 31.6 Å². The fourth-order valence-electron chi connectivity index (χ4n) is 3.00. The molecule has 3 rings (SSSR count). The van der Waals surface area contributed by atoms with E-state index in [4.69, 9.17) is 0 Å². The summed E-state index contributed by atoms with van der Waals surface area (Å²) >= 11 is 3.10. The average Bonchev–Trinajstić information content (AvgIpc) is 3.16. The van der Waals surface area contributed by atoms with E-state index in [0.29, 0.717) is 10.5 Å². The molecule has 0 fully saturated rings. The molecule has 1 N–H and O–H groups in total. The maximum Gasteiger partial charge on any atom is 0.322 e. The van der Waals surface area contributed by atoms with E-state index in [-0.39, 0.29) is 0 Å². The lowest BCUT2D eigenvalue weighted by molar-refractivity contribution is -0.220. The fourth-order valence-corrected chi connectivity index (χ4v) is 3.23. The number of halogens is 5. The first-order chi connectivity index (χ1) is 13.0. The van der Waals surface area contributed by atoms with Gasteiger partial charge >= 0.3 is 5.92 Å². The van der Waals surface area contributed by atoms with Gasteiger partial charge in [-0.15, -0.1) is 5.10 Å². The Kier molecular flexibility index (Phi) is 5.09. The highest BCUT2D eigenvalue weighted by Crippen LogP contribution is 2.52. The molecule has 2 heterocycles. The van der Waals surface area contributed by atoms with Gasteiger partial charge in [0.25, 0.3) is 0 Å². The Morgan fingerprint density at radius 2 is 1.82 bits per heavy atom. The van der Waals surface area contributed by atoms with Gasteiger partial charge in [0.2, 0.25) is 0 Å². The summed E-state index contributed by atoms with van der Waals surface area (Å²) in [7, 11) is 2.41. The van der Waals surface area contributed by atoms with Crippen LogP contribution in [0.25, 0.3) is 0 Å². The van der Waals surface area contributed by atoms with Gasteiger partial charge < -0.3 is 5.11 Å². The fraction of sp³-hybridized carbons (Fsp3) is 0.200. The van der Waals surface area contributed by atoms with Crippen molar-refractivity contribution in [3.8, 4) is 0 Å². The lowest BCUT2D eigenvalue weighted by atomic mass is 9.49. The molecule has 1 aromatic carbocycles. The van der Waals surface area contributed by atoms with Crippen molar-refractivity contribution in [1.82, 2.24) is 25.2 Å². The molecule has 0 radical (unpaired) electrons. The molecule has 0 saturated heterocycles. The molecule has 1 atom stereocenters. The van der Waals surface area contributed by atoms with E-state index in [0.717, 1.165) is 35.4 Å². The monoisotopic (exact) mass is 455 g/mol. The van der Waals surface area contributed by atoms with Crippen molar-refractivity contribution in [1.29, 1.82) is 0 Å². The highest BCUT2D eigenvalue weighted by molar-refractivity contribution is 9.10. The van der Waals surface area contributed by atoms with Gasteiger partial charge in [0, 0.05) is 27.6 Å². The van der Waals surface area contributed by atoms with E-state index in [2.05, 4.69) is 36.4 Å². The quantitative estimate of drug-likeness (QED) is 0.452. The summed E-state index contributed by atoms with van der Waals surface area (Å²) < 4.78 is 60.8. The van der Waals surface area contributed by atoms with Crippen LogP contribution in [0, 0.1) is 11.6 Å². The van der Waals surface area contributed by atoms with Crippen LogP contribution in [-0.4, -0.2) is 46.0 Å². The predicted molar refractivity (Wildman–Crippen MR) is 99.0 cm³/mol. The van der Waals surface area contributed by atoms with Crippen LogP contribution in [-0.2, 0) is 16.9 Å². The summed E-state index contributed by atoms with van der Waals surface area (Å²) in [6.07, 6.45) is 2.13. The van der Waals surface area contributed by atoms with Gasteiger partial charge in [0.1, 0.15) is 39.3 Å². The Balaban J connectivity index is 2.32. The van der Waals surface area contributed by atoms with Crippen LogP contribution in [0.3, 0.4) is 0 Å². The molecule has 0 aliphatic heterocycles. The zero-order chi connectivity index (χ0) is 20.7. The maximum atomic E-state index is 15.7. The summed E-state index contributed by atoms with van der Waals surface area (Å²) in [5, 5.41) is 19.8. The number of alkyl halides is 2. The molecule has 0 amide bonds. The smallest absolute Gasteiger partial charge is 0.322 e. The number of rotatable bonds is 5. The van der Waals surface area contributed by atoms with Gasteiger partial charge in [-0.3, -0.25) is 4.98 Å². The molecule has 0 aliphatic carbocycles. The van der Waals surface area contributed by atoms with Gasteiger partial charge in [-0.05, 0) is 44.6 Å². The number of nitrogens with zero attached hydrogens (tertiary/aromatic N) is 5. The van der Waals surface area contributed by atoms with Gasteiger partial charge in [-0.2, -0.15) is 8.78 Å². The highest BCUT2D eigenvalue weighted by Gasteiger charge is 2.65. The second kappa shape index (κ2) is 6.96. The second-order valence-corrected chi connectivity index (χ2v) is 7.50. The van der Waals surface area contributed by atoms with E-state index in [9.17, 15) is 13.9 Å². The first kappa shape index (κ1) is 20.5. The van der Waals surface area contributed by atoms with Crippen LogP contribution in [0.15, 0.2) is 47.3 Å². The standard InChI is InChI=1S/C15H12B2BrF4N5O/c16-15(17,27-7-24-25-26-27)13(28,10-3-2-9(19)5-11(10)20)14(21,22)12-4-1-8(18)6-23-12/h1-7,28H,16-17H2/t13-/m0/s1. The number of aromatic nitrogens is 5. The molecular formula is C15H12B2BrF4N5O. The first-order valence-electron chi connectivity index (χ1n) is 7.93. The van der Waals surface area contributed by atoms with E-state index in [1.807, 2.05) is 0 Å². The van der Waals surface area contributed by atoms with E-state index < -0.39 is 39.8 Å². The number of pyridine rings is 1. The van der Waals surface area contributed by atoms with Crippen LogP contribution in [0.1, 0.15) is 11.3 Å². The molecule has 0 unspecified atom stereocenters. The molecule has 2 aromatic heterocycles. The van der Waals surface area contributed by atoms with Crippen molar-refractivity contribution < 1.29 is 22.7 Å². The summed E-state index contributed by atoms with van der Waals surface area (Å²) in [6.45, 7) is 0. The Labute approximate surface area is 166 Å². The van der Waals surface area contributed by atoms with Crippen molar-refractivity contribution in [2.24, 2.45) is 0 Å². The highest BCUT2D eigenvalue weighted by atomic mass is 79.9. The van der Waals surface area contributed by atoms with Crippen molar-refractivity contribution in [3.05, 3.63) is 70.2 Å². The molecule has 3 aromatic rings. The molecule has 0 spiro atoms. The average molecular weight is 456 g/mol. The van der Waals surface area contributed by atoms with E-state index in [1.165, 1.54) is 21.8 Å². The zero-order valence-corrected chi connectivity index (χ0v) is 16.2. The van der Waals surface area contributed by atoms with Crippen LogP contribution in [0.4, 0.5) is 17.6 Å². The van der Waals surface area contributed by atoms with Crippen LogP contribution in [0.5, 0.6) is 0 Å². The normalized spacial score (nSPS) is 14.6. The van der Waals surface area contributed by atoms with Gasteiger partial charge in [-0.1, -0.05) is 6.07 Å². The Bertz CT molecular complexity index is 991. The zero-order valence-electron chi connectivity index (χ0n) is 14.6. The SMILES string of the molecule is BC(B)(n1cnnn1)[C@](O)(c1ccc(F)cc1F)C(F)(F)c1ccc(Br)cn1. The molecule has 6 nitrogen and oxygen atoms in total. The molecular weight excluding hydrogens is 444 g/mol.